The Kier molecular flexibility index (Phi) is 8.69. The molecule has 0 radical (unpaired) electrons. The van der Waals surface area contributed by atoms with Crippen LogP contribution in [0.25, 0.3) is 0 Å². The monoisotopic (exact) mass is 412 g/mol. The van der Waals surface area contributed by atoms with Gasteiger partial charge in [-0.25, -0.2) is 0 Å². The van der Waals surface area contributed by atoms with Crippen LogP contribution in [0.1, 0.15) is 0 Å². The number of rotatable bonds is 8. The Morgan fingerprint density at radius 1 is 0.821 bits per heavy atom. The quantitative estimate of drug-likeness (QED) is 0.177. The highest BCUT2D eigenvalue weighted by molar-refractivity contribution is 4.93. The molecule has 2 saturated heterocycles. The van der Waals surface area contributed by atoms with Crippen LogP contribution in [-0.4, -0.2) is 128 Å². The van der Waals surface area contributed by atoms with Crippen LogP contribution < -0.4 is 0 Å². The first-order chi connectivity index (χ1) is 13.2. The van der Waals surface area contributed by atoms with Gasteiger partial charge in [-0.1, -0.05) is 6.08 Å². The molecule has 28 heavy (non-hydrogen) atoms. The van der Waals surface area contributed by atoms with Gasteiger partial charge < -0.3 is 59.8 Å². The highest BCUT2D eigenvalue weighted by atomic mass is 16.7. The molecule has 2 rings (SSSR count). The smallest absolute Gasteiger partial charge is 0.187 e. The number of hydrogen-bond donors (Lipinski definition) is 8. The maximum atomic E-state index is 10.1. The molecule has 2 aliphatic rings. The van der Waals surface area contributed by atoms with Crippen molar-refractivity contribution in [1.82, 2.24) is 0 Å². The van der Waals surface area contributed by atoms with Crippen LogP contribution in [0.5, 0.6) is 0 Å². The minimum absolute atomic E-state index is 0.00732. The topological polar surface area (TPSA) is 199 Å². The minimum Gasteiger partial charge on any atom is -0.394 e. The lowest BCUT2D eigenvalue weighted by molar-refractivity contribution is -0.335. The third-order valence-electron chi connectivity index (χ3n) is 4.64. The predicted octanol–water partition coefficient (Wildman–Crippen LogP) is -4.83. The van der Waals surface area contributed by atoms with Crippen molar-refractivity contribution in [3.8, 4) is 0 Å². The van der Waals surface area contributed by atoms with Crippen LogP contribution >= 0.6 is 0 Å². The second-order valence-electron chi connectivity index (χ2n) is 6.66. The summed E-state index contributed by atoms with van der Waals surface area (Å²) in [5, 5.41) is 78.3. The molecule has 0 spiro atoms. The normalized spacial score (nSPS) is 45.6. The van der Waals surface area contributed by atoms with E-state index >= 15 is 0 Å². The lowest BCUT2D eigenvalue weighted by Crippen LogP contribution is -2.63. The molecular weight excluding hydrogens is 384 g/mol. The van der Waals surface area contributed by atoms with Gasteiger partial charge in [-0.05, 0) is 0 Å². The molecule has 0 bridgehead atoms. The summed E-state index contributed by atoms with van der Waals surface area (Å²) in [5.41, 5.74) is 0. The van der Waals surface area contributed by atoms with Gasteiger partial charge in [0.15, 0.2) is 12.6 Å². The first kappa shape index (κ1) is 23.5. The van der Waals surface area contributed by atoms with E-state index in [1.807, 2.05) is 0 Å². The van der Waals surface area contributed by atoms with Crippen molar-refractivity contribution < 1.29 is 59.8 Å². The van der Waals surface area contributed by atoms with Crippen molar-refractivity contribution >= 4 is 0 Å². The summed E-state index contributed by atoms with van der Waals surface area (Å²) >= 11 is 0. The molecule has 2 heterocycles. The van der Waals surface area contributed by atoms with Crippen molar-refractivity contribution in [1.29, 1.82) is 0 Å². The molecule has 0 unspecified atom stereocenters. The molecule has 0 saturated carbocycles. The summed E-state index contributed by atoms with van der Waals surface area (Å²) in [6.45, 7) is 2.22. The molecule has 11 atom stereocenters. The predicted molar refractivity (Wildman–Crippen MR) is 88.6 cm³/mol. The van der Waals surface area contributed by atoms with Crippen LogP contribution in [0.15, 0.2) is 12.7 Å². The Morgan fingerprint density at radius 2 is 1.39 bits per heavy atom. The fraction of sp³-hybridized carbons (Fsp3) is 0.875. The van der Waals surface area contributed by atoms with Gasteiger partial charge in [0, 0.05) is 0 Å². The number of aliphatic hydroxyl groups excluding tert-OH is 8. The van der Waals surface area contributed by atoms with E-state index in [-0.39, 0.29) is 6.61 Å². The number of ether oxygens (including phenoxy) is 4. The van der Waals surface area contributed by atoms with E-state index in [4.69, 9.17) is 24.1 Å². The molecule has 12 nitrogen and oxygen atoms in total. The van der Waals surface area contributed by atoms with Crippen molar-refractivity contribution in [2.75, 3.05) is 19.8 Å². The zero-order chi connectivity index (χ0) is 21.0. The summed E-state index contributed by atoms with van der Waals surface area (Å²) in [6, 6.07) is 0. The van der Waals surface area contributed by atoms with Crippen LogP contribution in [0.4, 0.5) is 0 Å². The van der Waals surface area contributed by atoms with Gasteiger partial charge >= 0.3 is 0 Å². The van der Waals surface area contributed by atoms with Crippen LogP contribution in [-0.2, 0) is 18.9 Å². The first-order valence-corrected chi connectivity index (χ1v) is 8.75. The third kappa shape index (κ3) is 5.05. The van der Waals surface area contributed by atoms with E-state index in [2.05, 4.69) is 6.58 Å². The first-order valence-electron chi connectivity index (χ1n) is 8.75. The van der Waals surface area contributed by atoms with Crippen LogP contribution in [0.3, 0.4) is 0 Å². The molecule has 0 amide bonds. The van der Waals surface area contributed by atoms with E-state index in [0.717, 1.165) is 0 Å². The van der Waals surface area contributed by atoms with Crippen molar-refractivity contribution in [3.05, 3.63) is 12.7 Å². The fourth-order valence-corrected chi connectivity index (χ4v) is 2.98. The Balaban J connectivity index is 2.01. The lowest BCUT2D eigenvalue weighted by atomic mass is 9.95. The van der Waals surface area contributed by atoms with Gasteiger partial charge in [-0.15, -0.1) is 6.58 Å². The van der Waals surface area contributed by atoms with Crippen molar-refractivity contribution in [3.63, 3.8) is 0 Å². The molecule has 0 aromatic carbocycles. The van der Waals surface area contributed by atoms with Gasteiger partial charge in [0.2, 0.25) is 0 Å². The molecule has 12 heteroatoms. The molecule has 164 valence electrons. The molecule has 0 aromatic rings. The fourth-order valence-electron chi connectivity index (χ4n) is 2.98. The molecule has 8 N–H and O–H groups in total. The average Bonchev–Trinajstić information content (AvgIpc) is 2.69. The largest absolute Gasteiger partial charge is 0.394 e. The second kappa shape index (κ2) is 10.3. The average molecular weight is 412 g/mol. The van der Waals surface area contributed by atoms with Crippen molar-refractivity contribution in [2.24, 2.45) is 0 Å². The summed E-state index contributed by atoms with van der Waals surface area (Å²) in [7, 11) is 0. The Bertz CT molecular complexity index is 492. The summed E-state index contributed by atoms with van der Waals surface area (Å²) in [6.07, 6.45) is -15.4. The van der Waals surface area contributed by atoms with E-state index in [0.29, 0.717) is 0 Å². The highest BCUT2D eigenvalue weighted by Gasteiger charge is 2.48. The van der Waals surface area contributed by atoms with Crippen LogP contribution in [0.2, 0.25) is 0 Å². The molecule has 2 fully saturated rings. The van der Waals surface area contributed by atoms with E-state index in [1.54, 1.807) is 0 Å². The van der Waals surface area contributed by atoms with E-state index in [9.17, 15) is 35.7 Å². The molecule has 0 aromatic heterocycles. The zero-order valence-corrected chi connectivity index (χ0v) is 15.0. The number of aliphatic hydroxyl groups is 8. The maximum Gasteiger partial charge on any atom is 0.187 e. The Morgan fingerprint density at radius 3 is 1.96 bits per heavy atom. The zero-order valence-electron chi connectivity index (χ0n) is 15.0. The van der Waals surface area contributed by atoms with E-state index in [1.165, 1.54) is 6.08 Å². The second-order valence-corrected chi connectivity index (χ2v) is 6.66. The van der Waals surface area contributed by atoms with Gasteiger partial charge in [-0.3, -0.25) is 0 Å². The third-order valence-corrected chi connectivity index (χ3v) is 4.64. The molecular formula is C16H28O12. The van der Waals surface area contributed by atoms with Gasteiger partial charge in [-0.2, -0.15) is 0 Å². The standard InChI is InChI=1S/C16H28O12/c1-2-3-25-15-12(23)9(20)8(19)7(27-15)5-26-16-13(24)10(21)11(22)14(28-16)6(18)4-17/h2,6-24H,1,3-5H2/t6-,7+,8+,9-,10-,11-,12+,13-,14+,15-,16-/m0/s1. The Hall–Kier alpha value is -0.740. The number of hydrogen-bond acceptors (Lipinski definition) is 12. The lowest BCUT2D eigenvalue weighted by Gasteiger charge is -2.43. The maximum absolute atomic E-state index is 10.1. The SMILES string of the molecule is C=CCO[C@H]1O[C@H](CO[C@H]2O[C@H]([C@@H](O)CO)[C@@H](O)[C@H](O)[C@@H]2O)[C@@H](O)[C@H](O)[C@H]1O. The minimum atomic E-state index is -1.74. The summed E-state index contributed by atoms with van der Waals surface area (Å²) < 4.78 is 21.0. The highest BCUT2D eigenvalue weighted by Crippen LogP contribution is 2.27. The van der Waals surface area contributed by atoms with Gasteiger partial charge in [0.1, 0.15) is 54.9 Å². The van der Waals surface area contributed by atoms with E-state index < -0.39 is 80.7 Å². The van der Waals surface area contributed by atoms with Gasteiger partial charge in [0.25, 0.3) is 0 Å². The summed E-state index contributed by atoms with van der Waals surface area (Å²) in [5.74, 6) is 0. The molecule has 0 aliphatic carbocycles. The summed E-state index contributed by atoms with van der Waals surface area (Å²) in [4.78, 5) is 0. The molecule has 2 aliphatic heterocycles. The van der Waals surface area contributed by atoms with Crippen molar-refractivity contribution in [2.45, 2.75) is 67.5 Å². The van der Waals surface area contributed by atoms with Crippen LogP contribution in [0, 0.1) is 0 Å². The Labute approximate surface area is 160 Å². The van der Waals surface area contributed by atoms with Gasteiger partial charge in [0.05, 0.1) is 19.8 Å².